The Balaban J connectivity index is 1.37. The third-order valence-corrected chi connectivity index (χ3v) is 6.09. The molecule has 0 spiro atoms. The maximum atomic E-state index is 12.9. The first-order valence-electron chi connectivity index (χ1n) is 10.6. The predicted octanol–water partition coefficient (Wildman–Crippen LogP) is 2.37. The summed E-state index contributed by atoms with van der Waals surface area (Å²) in [5, 5.41) is 2.95. The minimum absolute atomic E-state index is 0.0458. The van der Waals surface area contributed by atoms with Gasteiger partial charge >= 0.3 is 0 Å². The van der Waals surface area contributed by atoms with Crippen LogP contribution in [-0.2, 0) is 22.6 Å². The molecule has 2 heterocycles. The fourth-order valence-corrected chi connectivity index (χ4v) is 4.54. The van der Waals surface area contributed by atoms with Crippen LogP contribution in [0, 0.1) is 0 Å². The van der Waals surface area contributed by atoms with Crippen LogP contribution in [0.5, 0.6) is 11.5 Å². The van der Waals surface area contributed by atoms with E-state index >= 15 is 0 Å². The van der Waals surface area contributed by atoms with Gasteiger partial charge in [-0.25, -0.2) is 0 Å². The molecule has 164 valence electrons. The lowest BCUT2D eigenvalue weighted by Crippen LogP contribution is -2.46. The van der Waals surface area contributed by atoms with Gasteiger partial charge in [-0.15, -0.1) is 0 Å². The van der Waals surface area contributed by atoms with Crippen molar-refractivity contribution in [2.75, 3.05) is 32.2 Å². The van der Waals surface area contributed by atoms with Crippen LogP contribution >= 0.6 is 0 Å². The Morgan fingerprint density at radius 2 is 1.77 bits per heavy atom. The Labute approximate surface area is 182 Å². The van der Waals surface area contributed by atoms with Crippen LogP contribution in [0.15, 0.2) is 42.5 Å². The molecule has 31 heavy (non-hydrogen) atoms. The molecular formula is C24H29N3O4. The van der Waals surface area contributed by atoms with Gasteiger partial charge in [-0.05, 0) is 55.2 Å². The Bertz CT molecular complexity index is 963. The number of nitrogens with one attached hydrogen (secondary N) is 1. The molecule has 2 aliphatic heterocycles. The Hall–Kier alpha value is -3.06. The van der Waals surface area contributed by atoms with Gasteiger partial charge in [0.1, 0.15) is 6.04 Å². The number of ether oxygens (including phenoxy) is 2. The number of carbonyl (C=O) groups excluding carboxylic acids is 2. The first-order chi connectivity index (χ1) is 15.0. The number of hydrogen-bond acceptors (Lipinski definition) is 5. The highest BCUT2D eigenvalue weighted by molar-refractivity contribution is 6.02. The van der Waals surface area contributed by atoms with E-state index in [9.17, 15) is 9.59 Å². The summed E-state index contributed by atoms with van der Waals surface area (Å²) in [6, 6.07) is 13.2. The van der Waals surface area contributed by atoms with Gasteiger partial charge in [0.2, 0.25) is 11.8 Å². The third-order valence-electron chi connectivity index (χ3n) is 6.09. The van der Waals surface area contributed by atoms with E-state index < -0.39 is 6.04 Å². The molecule has 2 amide bonds. The molecule has 0 bridgehead atoms. The van der Waals surface area contributed by atoms with Crippen LogP contribution in [0.2, 0.25) is 0 Å². The van der Waals surface area contributed by atoms with Gasteiger partial charge in [0, 0.05) is 24.8 Å². The van der Waals surface area contributed by atoms with E-state index in [1.165, 1.54) is 5.56 Å². The molecule has 0 radical (unpaired) electrons. The van der Waals surface area contributed by atoms with Gasteiger partial charge in [-0.1, -0.05) is 18.2 Å². The van der Waals surface area contributed by atoms with Crippen molar-refractivity contribution in [1.29, 1.82) is 0 Å². The van der Waals surface area contributed by atoms with Gasteiger partial charge < -0.3 is 19.7 Å². The van der Waals surface area contributed by atoms with Crippen molar-refractivity contribution in [3.63, 3.8) is 0 Å². The van der Waals surface area contributed by atoms with Gasteiger partial charge in [0.15, 0.2) is 11.5 Å². The minimum Gasteiger partial charge on any atom is -0.493 e. The summed E-state index contributed by atoms with van der Waals surface area (Å²) in [5.74, 6) is 1.25. The number of rotatable bonds is 6. The zero-order valence-electron chi connectivity index (χ0n) is 18.3. The number of anilines is 1. The van der Waals surface area contributed by atoms with Crippen LogP contribution in [0.3, 0.4) is 0 Å². The fraction of sp³-hybridized carbons (Fsp3) is 0.417. The van der Waals surface area contributed by atoms with Gasteiger partial charge in [-0.3, -0.25) is 14.5 Å². The second-order valence-corrected chi connectivity index (χ2v) is 8.19. The molecule has 2 aromatic rings. The molecule has 1 fully saturated rings. The third kappa shape index (κ3) is 4.37. The summed E-state index contributed by atoms with van der Waals surface area (Å²) in [6.07, 6.45) is 1.45. The molecule has 0 aromatic heterocycles. The topological polar surface area (TPSA) is 71.1 Å². The van der Waals surface area contributed by atoms with Crippen LogP contribution in [-0.4, -0.2) is 56.1 Å². The molecule has 2 unspecified atom stereocenters. The van der Waals surface area contributed by atoms with E-state index in [1.54, 1.807) is 19.1 Å². The van der Waals surface area contributed by atoms with E-state index in [1.807, 2.05) is 49.4 Å². The van der Waals surface area contributed by atoms with Crippen molar-refractivity contribution in [3.8, 4) is 11.5 Å². The zero-order valence-corrected chi connectivity index (χ0v) is 18.3. The smallest absolute Gasteiger partial charge is 0.249 e. The number of methoxy groups -OCH3 is 2. The lowest BCUT2D eigenvalue weighted by Gasteiger charge is -2.29. The number of amides is 2. The highest BCUT2D eigenvalue weighted by Crippen LogP contribution is 2.33. The summed E-state index contributed by atoms with van der Waals surface area (Å²) in [5.41, 5.74) is 3.22. The molecule has 1 saturated heterocycles. The molecule has 7 nitrogen and oxygen atoms in total. The van der Waals surface area contributed by atoms with Crippen molar-refractivity contribution in [2.45, 2.75) is 38.4 Å². The first kappa shape index (κ1) is 21.2. The highest BCUT2D eigenvalue weighted by atomic mass is 16.5. The first-order valence-corrected chi connectivity index (χ1v) is 10.6. The molecule has 0 saturated carbocycles. The van der Waals surface area contributed by atoms with E-state index in [0.717, 1.165) is 30.0 Å². The van der Waals surface area contributed by atoms with Gasteiger partial charge in [-0.2, -0.15) is 0 Å². The molecule has 2 atom stereocenters. The standard InChI is InChI=1S/C24H29N3O4/c1-16-11-20(24(29)27(16)19-7-5-4-6-8-19)25-23(28)15-26-10-9-17-12-21(30-2)22(31-3)13-18(17)14-26/h4-8,12-13,16,20H,9-11,14-15H2,1-3H3,(H,25,28). The second kappa shape index (κ2) is 8.98. The van der Waals surface area contributed by atoms with Crippen molar-refractivity contribution < 1.29 is 19.1 Å². The van der Waals surface area contributed by atoms with E-state index in [2.05, 4.69) is 10.2 Å². The van der Waals surface area contributed by atoms with Crippen molar-refractivity contribution in [1.82, 2.24) is 10.2 Å². The largest absolute Gasteiger partial charge is 0.493 e. The van der Waals surface area contributed by atoms with Crippen LogP contribution in [0.1, 0.15) is 24.5 Å². The normalized spacial score (nSPS) is 21.0. The number of benzene rings is 2. The number of carbonyl (C=O) groups is 2. The summed E-state index contributed by atoms with van der Waals surface area (Å²) in [7, 11) is 3.25. The predicted molar refractivity (Wildman–Crippen MR) is 118 cm³/mol. The second-order valence-electron chi connectivity index (χ2n) is 8.19. The SMILES string of the molecule is COc1cc2c(cc1OC)CN(CC(=O)NC1CC(C)N(c3ccccc3)C1=O)CC2. The quantitative estimate of drug-likeness (QED) is 0.773. The molecule has 1 N–H and O–H groups in total. The lowest BCUT2D eigenvalue weighted by molar-refractivity contribution is -0.127. The Kier molecular flexibility index (Phi) is 6.13. The van der Waals surface area contributed by atoms with Crippen LogP contribution in [0.25, 0.3) is 0 Å². The van der Waals surface area contributed by atoms with Gasteiger partial charge in [0.25, 0.3) is 0 Å². The number of para-hydroxylation sites is 1. The number of fused-ring (bicyclic) bond motifs is 1. The van der Waals surface area contributed by atoms with Crippen molar-refractivity contribution in [2.24, 2.45) is 0 Å². The summed E-state index contributed by atoms with van der Waals surface area (Å²) >= 11 is 0. The van der Waals surface area contributed by atoms with Crippen LogP contribution < -0.4 is 19.7 Å². The number of nitrogens with zero attached hydrogens (tertiary/aromatic N) is 2. The Morgan fingerprint density at radius 3 is 2.45 bits per heavy atom. The Morgan fingerprint density at radius 1 is 1.10 bits per heavy atom. The van der Waals surface area contributed by atoms with Crippen molar-refractivity contribution in [3.05, 3.63) is 53.6 Å². The molecular weight excluding hydrogens is 394 g/mol. The summed E-state index contributed by atoms with van der Waals surface area (Å²) in [4.78, 5) is 29.5. The molecule has 0 aliphatic carbocycles. The highest BCUT2D eigenvalue weighted by Gasteiger charge is 2.38. The van der Waals surface area contributed by atoms with Gasteiger partial charge in [0.05, 0.1) is 20.8 Å². The maximum Gasteiger partial charge on any atom is 0.249 e. The zero-order chi connectivity index (χ0) is 22.0. The lowest BCUT2D eigenvalue weighted by atomic mass is 9.99. The van der Waals surface area contributed by atoms with E-state index in [0.29, 0.717) is 18.7 Å². The van der Waals surface area contributed by atoms with E-state index in [4.69, 9.17) is 9.47 Å². The number of hydrogen-bond donors (Lipinski definition) is 1. The summed E-state index contributed by atoms with van der Waals surface area (Å²) in [6.45, 7) is 3.72. The summed E-state index contributed by atoms with van der Waals surface area (Å²) < 4.78 is 10.8. The van der Waals surface area contributed by atoms with Crippen LogP contribution in [0.4, 0.5) is 5.69 Å². The van der Waals surface area contributed by atoms with E-state index in [-0.39, 0.29) is 24.4 Å². The average Bonchev–Trinajstić information content (AvgIpc) is 3.05. The molecule has 2 aliphatic rings. The monoisotopic (exact) mass is 423 g/mol. The fourth-order valence-electron chi connectivity index (χ4n) is 4.54. The maximum absolute atomic E-state index is 12.9. The molecule has 7 heteroatoms. The average molecular weight is 424 g/mol. The minimum atomic E-state index is -0.482. The van der Waals surface area contributed by atoms with Crippen molar-refractivity contribution >= 4 is 17.5 Å². The molecule has 4 rings (SSSR count). The molecule has 2 aromatic carbocycles.